The molecule has 1 aliphatic rings. The summed E-state index contributed by atoms with van der Waals surface area (Å²) in [5.74, 6) is 0.868. The predicted octanol–water partition coefficient (Wildman–Crippen LogP) is 2.99. The van der Waals surface area contributed by atoms with Gasteiger partial charge in [0.1, 0.15) is 5.75 Å². The van der Waals surface area contributed by atoms with Crippen molar-refractivity contribution in [2.75, 3.05) is 31.2 Å². The van der Waals surface area contributed by atoms with Crippen molar-refractivity contribution in [2.24, 2.45) is 0 Å². The van der Waals surface area contributed by atoms with Gasteiger partial charge in [-0.3, -0.25) is 10.1 Å². The Morgan fingerprint density at radius 3 is 2.25 bits per heavy atom. The van der Waals surface area contributed by atoms with Gasteiger partial charge in [-0.2, -0.15) is 0 Å². The van der Waals surface area contributed by atoms with Crippen LogP contribution in [0.3, 0.4) is 0 Å². The molecule has 1 aliphatic heterocycles. The van der Waals surface area contributed by atoms with Crippen molar-refractivity contribution in [2.45, 2.75) is 26.7 Å². The normalized spacial score (nSPS) is 14.4. The molecule has 1 aromatic carbocycles. The van der Waals surface area contributed by atoms with Gasteiger partial charge in [0.25, 0.3) is 0 Å². The third-order valence-corrected chi connectivity index (χ3v) is 3.28. The minimum atomic E-state index is -0.374. The second kappa shape index (κ2) is 6.45. The first-order valence-corrected chi connectivity index (χ1v) is 7.01. The van der Waals surface area contributed by atoms with Gasteiger partial charge in [-0.15, -0.1) is 0 Å². The first-order valence-electron chi connectivity index (χ1n) is 7.01. The zero-order valence-corrected chi connectivity index (χ0v) is 11.9. The summed E-state index contributed by atoms with van der Waals surface area (Å²) in [6, 6.07) is 3.38. The summed E-state index contributed by atoms with van der Waals surface area (Å²) in [6.07, 6.45) is 2.09. The monoisotopic (exact) mass is 280 g/mol. The van der Waals surface area contributed by atoms with E-state index in [0.29, 0.717) is 30.4 Å². The van der Waals surface area contributed by atoms with E-state index in [2.05, 4.69) is 0 Å². The minimum Gasteiger partial charge on any atom is -0.491 e. The molecule has 1 heterocycles. The molecule has 0 N–H and O–H groups in total. The topological polar surface area (TPSA) is 64.8 Å². The molecule has 0 aliphatic carbocycles. The summed E-state index contributed by atoms with van der Waals surface area (Å²) in [4.78, 5) is 13.1. The van der Waals surface area contributed by atoms with Crippen LogP contribution in [0.5, 0.6) is 11.5 Å². The number of nitrogens with zero attached hydrogens (tertiary/aromatic N) is 2. The van der Waals surface area contributed by atoms with Crippen molar-refractivity contribution in [1.82, 2.24) is 0 Å². The fourth-order valence-electron chi connectivity index (χ4n) is 2.51. The lowest BCUT2D eigenvalue weighted by atomic mass is 10.2. The van der Waals surface area contributed by atoms with Crippen LogP contribution in [-0.4, -0.2) is 31.2 Å². The largest absolute Gasteiger partial charge is 0.491 e. The third kappa shape index (κ3) is 2.79. The summed E-state index contributed by atoms with van der Waals surface area (Å²) in [6.45, 7) is 6.19. The Labute approximate surface area is 118 Å². The molecule has 0 radical (unpaired) electrons. The average molecular weight is 280 g/mol. The molecule has 0 aromatic heterocycles. The Balaban J connectivity index is 2.55. The highest BCUT2D eigenvalue weighted by atomic mass is 16.6. The second-order valence-corrected chi connectivity index (χ2v) is 4.58. The van der Waals surface area contributed by atoms with Gasteiger partial charge in [0.15, 0.2) is 11.4 Å². The zero-order chi connectivity index (χ0) is 14.5. The molecule has 1 aromatic rings. The van der Waals surface area contributed by atoms with E-state index in [0.717, 1.165) is 25.9 Å². The van der Waals surface area contributed by atoms with Crippen molar-refractivity contribution in [3.8, 4) is 11.5 Å². The van der Waals surface area contributed by atoms with Gasteiger partial charge in [0.05, 0.1) is 18.1 Å². The summed E-state index contributed by atoms with van der Waals surface area (Å²) in [5.41, 5.74) is 0.569. The quantitative estimate of drug-likeness (QED) is 0.592. The van der Waals surface area contributed by atoms with Crippen LogP contribution in [-0.2, 0) is 0 Å². The Hall–Kier alpha value is -1.98. The van der Waals surface area contributed by atoms with Crippen LogP contribution in [0.15, 0.2) is 12.1 Å². The maximum absolute atomic E-state index is 11.5. The summed E-state index contributed by atoms with van der Waals surface area (Å²) < 4.78 is 11.0. The molecule has 0 amide bonds. The van der Waals surface area contributed by atoms with E-state index in [9.17, 15) is 10.1 Å². The number of nitro benzene ring substituents is 1. The molecule has 0 bridgehead atoms. The zero-order valence-electron chi connectivity index (χ0n) is 11.9. The van der Waals surface area contributed by atoms with Crippen LogP contribution >= 0.6 is 0 Å². The molecule has 1 fully saturated rings. The lowest BCUT2D eigenvalue weighted by molar-refractivity contribution is -0.385. The number of rotatable bonds is 6. The van der Waals surface area contributed by atoms with Gasteiger partial charge in [0.2, 0.25) is 0 Å². The number of benzene rings is 1. The fraction of sp³-hybridized carbons (Fsp3) is 0.571. The first-order chi connectivity index (χ1) is 9.69. The maximum Gasteiger partial charge on any atom is 0.337 e. The molecule has 6 heteroatoms. The van der Waals surface area contributed by atoms with Crippen LogP contribution in [0.25, 0.3) is 0 Å². The number of anilines is 1. The molecule has 6 nitrogen and oxygen atoms in total. The Morgan fingerprint density at radius 2 is 1.70 bits per heavy atom. The number of hydrogen-bond acceptors (Lipinski definition) is 5. The SMILES string of the molecule is CCOc1ccc(OCC)c([N+](=O)[O-])c1N1CCCC1. The molecule has 110 valence electrons. The van der Waals surface area contributed by atoms with Gasteiger partial charge in [-0.05, 0) is 38.8 Å². The van der Waals surface area contributed by atoms with Crippen LogP contribution in [0, 0.1) is 10.1 Å². The number of nitro groups is 1. The van der Waals surface area contributed by atoms with Crippen LogP contribution < -0.4 is 14.4 Å². The molecular formula is C14H20N2O4. The van der Waals surface area contributed by atoms with Gasteiger partial charge >= 0.3 is 5.69 Å². The van der Waals surface area contributed by atoms with E-state index in [1.165, 1.54) is 0 Å². The van der Waals surface area contributed by atoms with Crippen molar-refractivity contribution >= 4 is 11.4 Å². The number of hydrogen-bond donors (Lipinski definition) is 0. The first kappa shape index (κ1) is 14.4. The smallest absolute Gasteiger partial charge is 0.337 e. The molecular weight excluding hydrogens is 260 g/mol. The van der Waals surface area contributed by atoms with E-state index in [1.54, 1.807) is 12.1 Å². The Morgan fingerprint density at radius 1 is 1.15 bits per heavy atom. The van der Waals surface area contributed by atoms with E-state index in [4.69, 9.17) is 9.47 Å². The molecule has 2 rings (SSSR count). The van der Waals surface area contributed by atoms with Gasteiger partial charge in [-0.1, -0.05) is 0 Å². The third-order valence-electron chi connectivity index (χ3n) is 3.28. The molecule has 0 saturated carbocycles. The van der Waals surface area contributed by atoms with E-state index in [1.807, 2.05) is 18.7 Å². The van der Waals surface area contributed by atoms with Crippen LogP contribution in [0.2, 0.25) is 0 Å². The van der Waals surface area contributed by atoms with Crippen molar-refractivity contribution in [3.05, 3.63) is 22.2 Å². The lowest BCUT2D eigenvalue weighted by Gasteiger charge is -2.22. The lowest BCUT2D eigenvalue weighted by Crippen LogP contribution is -2.20. The van der Waals surface area contributed by atoms with Crippen LogP contribution in [0.4, 0.5) is 11.4 Å². The highest BCUT2D eigenvalue weighted by Gasteiger charge is 2.30. The van der Waals surface area contributed by atoms with Gasteiger partial charge in [0, 0.05) is 13.1 Å². The summed E-state index contributed by atoms with van der Waals surface area (Å²) in [7, 11) is 0. The summed E-state index contributed by atoms with van der Waals surface area (Å²) in [5, 5.41) is 11.5. The highest BCUT2D eigenvalue weighted by molar-refractivity contribution is 5.77. The minimum absolute atomic E-state index is 0.0136. The maximum atomic E-state index is 11.5. The Bertz CT molecular complexity index is 484. The second-order valence-electron chi connectivity index (χ2n) is 4.58. The molecule has 0 spiro atoms. The van der Waals surface area contributed by atoms with Gasteiger partial charge < -0.3 is 14.4 Å². The van der Waals surface area contributed by atoms with E-state index in [-0.39, 0.29) is 10.6 Å². The Kier molecular flexibility index (Phi) is 4.65. The van der Waals surface area contributed by atoms with Crippen molar-refractivity contribution in [3.63, 3.8) is 0 Å². The van der Waals surface area contributed by atoms with Crippen molar-refractivity contribution in [1.29, 1.82) is 0 Å². The molecule has 1 saturated heterocycles. The molecule has 0 unspecified atom stereocenters. The standard InChI is InChI=1S/C14H20N2O4/c1-3-19-11-7-8-12(20-4-2)14(16(17)18)13(11)15-9-5-6-10-15/h7-8H,3-6,9-10H2,1-2H3. The molecule has 0 atom stereocenters. The predicted molar refractivity (Wildman–Crippen MR) is 76.9 cm³/mol. The molecule has 20 heavy (non-hydrogen) atoms. The number of ether oxygens (including phenoxy) is 2. The highest BCUT2D eigenvalue weighted by Crippen LogP contribution is 2.45. The summed E-state index contributed by atoms with van der Waals surface area (Å²) >= 11 is 0. The van der Waals surface area contributed by atoms with Crippen molar-refractivity contribution < 1.29 is 14.4 Å². The van der Waals surface area contributed by atoms with Gasteiger partial charge in [-0.25, -0.2) is 0 Å². The van der Waals surface area contributed by atoms with Crippen LogP contribution in [0.1, 0.15) is 26.7 Å². The average Bonchev–Trinajstić information content (AvgIpc) is 2.94. The fourth-order valence-corrected chi connectivity index (χ4v) is 2.51. The van der Waals surface area contributed by atoms with E-state index >= 15 is 0 Å². The van der Waals surface area contributed by atoms with E-state index < -0.39 is 0 Å².